The zero-order valence-corrected chi connectivity index (χ0v) is 12.8. The van der Waals surface area contributed by atoms with Gasteiger partial charge in [-0.15, -0.1) is 0 Å². The first kappa shape index (κ1) is 14.6. The van der Waals surface area contributed by atoms with Crippen LogP contribution in [-0.4, -0.2) is 11.2 Å². The van der Waals surface area contributed by atoms with Crippen molar-refractivity contribution in [2.24, 2.45) is 11.3 Å². The Hall–Kier alpha value is -0.820. The van der Waals surface area contributed by atoms with Crippen molar-refractivity contribution < 1.29 is 5.11 Å². The molecular formula is C18H28O. The highest BCUT2D eigenvalue weighted by molar-refractivity contribution is 5.25. The molecule has 1 nitrogen and oxygen atoms in total. The second-order valence-corrected chi connectivity index (χ2v) is 7.16. The van der Waals surface area contributed by atoms with Crippen molar-refractivity contribution in [2.45, 2.75) is 65.4 Å². The van der Waals surface area contributed by atoms with Crippen LogP contribution in [0.3, 0.4) is 0 Å². The Morgan fingerprint density at radius 2 is 1.84 bits per heavy atom. The zero-order chi connectivity index (χ0) is 14.0. The van der Waals surface area contributed by atoms with Gasteiger partial charge in [-0.1, -0.05) is 58.4 Å². The van der Waals surface area contributed by atoms with Gasteiger partial charge in [-0.25, -0.2) is 0 Å². The van der Waals surface area contributed by atoms with Crippen LogP contribution in [0.2, 0.25) is 0 Å². The van der Waals surface area contributed by atoms with Gasteiger partial charge in [0.15, 0.2) is 0 Å². The van der Waals surface area contributed by atoms with Crippen LogP contribution in [0.25, 0.3) is 0 Å². The predicted molar refractivity (Wildman–Crippen MR) is 81.4 cm³/mol. The highest BCUT2D eigenvalue weighted by atomic mass is 16.3. The average molecular weight is 260 g/mol. The van der Waals surface area contributed by atoms with Crippen molar-refractivity contribution in [3.8, 4) is 0 Å². The summed E-state index contributed by atoms with van der Waals surface area (Å²) in [5, 5.41) is 10.5. The van der Waals surface area contributed by atoms with Crippen LogP contribution >= 0.6 is 0 Å². The lowest BCUT2D eigenvalue weighted by atomic mass is 9.77. The van der Waals surface area contributed by atoms with Gasteiger partial charge in [0.2, 0.25) is 0 Å². The summed E-state index contributed by atoms with van der Waals surface area (Å²) in [7, 11) is 0. The van der Waals surface area contributed by atoms with Crippen LogP contribution in [0.5, 0.6) is 0 Å². The van der Waals surface area contributed by atoms with Gasteiger partial charge in [0.25, 0.3) is 0 Å². The first-order valence-corrected chi connectivity index (χ1v) is 7.67. The molecule has 0 saturated heterocycles. The summed E-state index contributed by atoms with van der Waals surface area (Å²) in [4.78, 5) is 0. The monoisotopic (exact) mass is 260 g/mol. The van der Waals surface area contributed by atoms with E-state index >= 15 is 0 Å². The molecule has 1 aliphatic carbocycles. The van der Waals surface area contributed by atoms with Gasteiger partial charge in [-0.05, 0) is 47.6 Å². The lowest BCUT2D eigenvalue weighted by molar-refractivity contribution is 0.0543. The number of aliphatic hydroxyl groups is 1. The zero-order valence-electron chi connectivity index (χ0n) is 12.8. The predicted octanol–water partition coefficient (Wildman–Crippen LogP) is 4.54. The Balaban J connectivity index is 2.00. The third-order valence-corrected chi connectivity index (χ3v) is 4.90. The van der Waals surface area contributed by atoms with Crippen molar-refractivity contribution in [3.63, 3.8) is 0 Å². The van der Waals surface area contributed by atoms with Crippen LogP contribution in [0.15, 0.2) is 24.3 Å². The average Bonchev–Trinajstić information content (AvgIpc) is 2.69. The van der Waals surface area contributed by atoms with E-state index in [1.165, 1.54) is 30.4 Å². The maximum atomic E-state index is 10.5. The van der Waals surface area contributed by atoms with Gasteiger partial charge in [0.1, 0.15) is 0 Å². The first-order chi connectivity index (χ1) is 8.90. The molecule has 1 fully saturated rings. The van der Waals surface area contributed by atoms with Crippen molar-refractivity contribution in [1.29, 1.82) is 0 Å². The molecule has 1 heteroatoms. The Bertz CT molecular complexity index is 402. The summed E-state index contributed by atoms with van der Waals surface area (Å²) >= 11 is 0. The molecule has 1 aliphatic rings. The molecular weight excluding hydrogens is 232 g/mol. The van der Waals surface area contributed by atoms with E-state index in [1.54, 1.807) is 0 Å². The van der Waals surface area contributed by atoms with Gasteiger partial charge in [0, 0.05) is 0 Å². The fraction of sp³-hybridized carbons (Fsp3) is 0.667. The van der Waals surface area contributed by atoms with E-state index in [4.69, 9.17) is 0 Å². The molecule has 1 aromatic carbocycles. The molecule has 0 aromatic heterocycles. The molecule has 0 amide bonds. The van der Waals surface area contributed by atoms with Crippen molar-refractivity contribution >= 4 is 0 Å². The van der Waals surface area contributed by atoms with Gasteiger partial charge in [-0.3, -0.25) is 0 Å². The maximum Gasteiger partial charge on any atom is 0.0613 e. The molecule has 1 N–H and O–H groups in total. The van der Waals surface area contributed by atoms with E-state index in [9.17, 15) is 5.11 Å². The van der Waals surface area contributed by atoms with Gasteiger partial charge in [-0.2, -0.15) is 0 Å². The standard InChI is InChI=1S/C18H28O/c1-13(2)15-9-7-14(8-10-15)12-17(19)16-6-5-11-18(16,3)4/h7-10,13,16-17,19H,5-6,11-12H2,1-4H3. The lowest BCUT2D eigenvalue weighted by Crippen LogP contribution is -2.31. The minimum Gasteiger partial charge on any atom is -0.392 e. The smallest absolute Gasteiger partial charge is 0.0613 e. The molecule has 2 rings (SSSR count). The Kier molecular flexibility index (Phi) is 4.35. The van der Waals surface area contributed by atoms with E-state index in [2.05, 4.69) is 52.0 Å². The number of benzene rings is 1. The van der Waals surface area contributed by atoms with Crippen molar-refractivity contribution in [3.05, 3.63) is 35.4 Å². The SMILES string of the molecule is CC(C)c1ccc(CC(O)C2CCCC2(C)C)cc1. The molecule has 19 heavy (non-hydrogen) atoms. The molecule has 2 unspecified atom stereocenters. The van der Waals surface area contributed by atoms with Crippen molar-refractivity contribution in [2.75, 3.05) is 0 Å². The van der Waals surface area contributed by atoms with Gasteiger partial charge in [0.05, 0.1) is 6.10 Å². The fourth-order valence-corrected chi connectivity index (χ4v) is 3.49. The molecule has 1 saturated carbocycles. The molecule has 2 atom stereocenters. The minimum absolute atomic E-state index is 0.192. The second-order valence-electron chi connectivity index (χ2n) is 7.16. The van der Waals surface area contributed by atoms with Crippen LogP contribution < -0.4 is 0 Å². The summed E-state index contributed by atoms with van der Waals surface area (Å²) in [6.45, 7) is 9.03. The Labute approximate surface area is 118 Å². The largest absolute Gasteiger partial charge is 0.392 e. The van der Waals surface area contributed by atoms with E-state index in [1.807, 2.05) is 0 Å². The Morgan fingerprint density at radius 1 is 1.21 bits per heavy atom. The van der Waals surface area contributed by atoms with Gasteiger partial charge < -0.3 is 5.11 Å². The third-order valence-electron chi connectivity index (χ3n) is 4.90. The van der Waals surface area contributed by atoms with Crippen LogP contribution in [0.4, 0.5) is 0 Å². The van der Waals surface area contributed by atoms with E-state index in [0.717, 1.165) is 6.42 Å². The van der Waals surface area contributed by atoms with E-state index in [-0.39, 0.29) is 6.10 Å². The minimum atomic E-state index is -0.192. The number of aliphatic hydroxyl groups excluding tert-OH is 1. The summed E-state index contributed by atoms with van der Waals surface area (Å²) in [6, 6.07) is 8.76. The van der Waals surface area contributed by atoms with E-state index < -0.39 is 0 Å². The molecule has 106 valence electrons. The molecule has 1 aromatic rings. The first-order valence-electron chi connectivity index (χ1n) is 7.67. The second kappa shape index (κ2) is 5.66. The fourth-order valence-electron chi connectivity index (χ4n) is 3.49. The lowest BCUT2D eigenvalue weighted by Gasteiger charge is -2.31. The van der Waals surface area contributed by atoms with Crippen LogP contribution in [0, 0.1) is 11.3 Å². The highest BCUT2D eigenvalue weighted by Crippen LogP contribution is 2.44. The summed E-state index contributed by atoms with van der Waals surface area (Å²) < 4.78 is 0. The van der Waals surface area contributed by atoms with Gasteiger partial charge >= 0.3 is 0 Å². The van der Waals surface area contributed by atoms with Crippen molar-refractivity contribution in [1.82, 2.24) is 0 Å². The molecule has 0 aliphatic heterocycles. The third kappa shape index (κ3) is 3.39. The summed E-state index contributed by atoms with van der Waals surface area (Å²) in [5.41, 5.74) is 2.94. The molecule has 0 spiro atoms. The molecule has 0 heterocycles. The van der Waals surface area contributed by atoms with Crippen LogP contribution in [-0.2, 0) is 6.42 Å². The van der Waals surface area contributed by atoms with E-state index in [0.29, 0.717) is 17.3 Å². The highest BCUT2D eigenvalue weighted by Gasteiger charge is 2.38. The topological polar surface area (TPSA) is 20.2 Å². The normalized spacial score (nSPS) is 23.8. The number of hydrogen-bond donors (Lipinski definition) is 1. The maximum absolute atomic E-state index is 10.5. The number of rotatable bonds is 4. The summed E-state index contributed by atoms with van der Waals surface area (Å²) in [6.07, 6.45) is 4.30. The van der Waals surface area contributed by atoms with Crippen LogP contribution in [0.1, 0.15) is 64.0 Å². The molecule has 0 bridgehead atoms. The quantitative estimate of drug-likeness (QED) is 0.842. The summed E-state index contributed by atoms with van der Waals surface area (Å²) in [5.74, 6) is 1.03. The number of hydrogen-bond acceptors (Lipinski definition) is 1. The molecule has 0 radical (unpaired) electrons. The Morgan fingerprint density at radius 3 is 2.32 bits per heavy atom.